The fraction of sp³-hybridized carbons (Fsp3) is 0.435. The van der Waals surface area contributed by atoms with Gasteiger partial charge in [0.25, 0.3) is 0 Å². The Kier molecular flexibility index (Phi) is 5.49. The zero-order valence-electron chi connectivity index (χ0n) is 17.2. The Morgan fingerprint density at radius 1 is 1.03 bits per heavy atom. The number of ether oxygens (including phenoxy) is 1. The third-order valence-corrected chi connectivity index (χ3v) is 7.14. The summed E-state index contributed by atoms with van der Waals surface area (Å²) in [5, 5.41) is 2.97. The van der Waals surface area contributed by atoms with Gasteiger partial charge in [0.05, 0.1) is 5.60 Å². The molecule has 2 aromatic carbocycles. The van der Waals surface area contributed by atoms with Crippen molar-refractivity contribution >= 4 is 22.3 Å². The third kappa shape index (κ3) is 3.96. The summed E-state index contributed by atoms with van der Waals surface area (Å²) >= 11 is 0. The van der Waals surface area contributed by atoms with Gasteiger partial charge in [0.1, 0.15) is 0 Å². The Bertz CT molecular complexity index is 1000. The van der Waals surface area contributed by atoms with Crippen molar-refractivity contribution in [1.82, 2.24) is 0 Å². The molecule has 0 saturated carbocycles. The van der Waals surface area contributed by atoms with Crippen LogP contribution >= 0.6 is 0 Å². The standard InChI is InChI=1S/C23H27N2O3S/c1-23(2,28-3)17-10-12-18(13-11-17)29(27)25-22(26)24-21-19-8-4-6-15(19)14-16-7-5-9-20(16)21/h10-14H,4-9H2,1-3H3,(H,24,26)/q-1. The predicted molar refractivity (Wildman–Crippen MR) is 115 cm³/mol. The van der Waals surface area contributed by atoms with E-state index in [-0.39, 0.29) is 0 Å². The summed E-state index contributed by atoms with van der Waals surface area (Å²) in [4.78, 5) is 13.1. The summed E-state index contributed by atoms with van der Waals surface area (Å²) in [5.41, 5.74) is 6.65. The van der Waals surface area contributed by atoms with Crippen molar-refractivity contribution in [1.29, 1.82) is 0 Å². The number of hydrogen-bond donors (Lipinski definition) is 1. The fourth-order valence-corrected chi connectivity index (χ4v) is 4.99. The molecule has 1 N–H and O–H groups in total. The molecular formula is C23H27N2O3S-. The third-order valence-electron chi connectivity index (χ3n) is 6.13. The summed E-state index contributed by atoms with van der Waals surface area (Å²) in [7, 11) is -0.0930. The molecule has 2 amide bonds. The number of carbonyl (C=O) groups excluding carboxylic acids is 1. The summed E-state index contributed by atoms with van der Waals surface area (Å²) < 4.78 is 22.0. The van der Waals surface area contributed by atoms with Crippen LogP contribution in [0.4, 0.5) is 10.5 Å². The van der Waals surface area contributed by atoms with Crippen LogP contribution in [-0.2, 0) is 50.8 Å². The van der Waals surface area contributed by atoms with Gasteiger partial charge < -0.3 is 18.6 Å². The summed E-state index contributed by atoms with van der Waals surface area (Å²) in [6.07, 6.45) is 6.34. The number of hydrogen-bond acceptors (Lipinski definition) is 4. The van der Waals surface area contributed by atoms with E-state index in [0.717, 1.165) is 49.8 Å². The molecule has 6 heteroatoms. The van der Waals surface area contributed by atoms with Crippen LogP contribution < -0.4 is 5.32 Å². The second-order valence-corrected chi connectivity index (χ2v) is 9.40. The minimum absolute atomic E-state index is 0.428. The largest absolute Gasteiger partial charge is 0.439 e. The van der Waals surface area contributed by atoms with Crippen molar-refractivity contribution < 1.29 is 13.7 Å². The maximum atomic E-state index is 12.6. The van der Waals surface area contributed by atoms with Crippen molar-refractivity contribution in [3.63, 3.8) is 0 Å². The molecular weight excluding hydrogens is 384 g/mol. The SMILES string of the molecule is COC(C)(C)c1ccc([S-](=O)=NC(=O)Nc2c3c(cc4c2CCC4)CCC3)cc1. The first-order valence-corrected chi connectivity index (χ1v) is 11.3. The maximum absolute atomic E-state index is 12.6. The monoisotopic (exact) mass is 411 g/mol. The molecule has 0 radical (unpaired) electrons. The van der Waals surface area contributed by atoms with E-state index >= 15 is 0 Å². The molecule has 0 aromatic heterocycles. The van der Waals surface area contributed by atoms with E-state index in [0.29, 0.717) is 4.90 Å². The molecule has 5 nitrogen and oxygen atoms in total. The van der Waals surface area contributed by atoms with Crippen LogP contribution in [0.25, 0.3) is 0 Å². The van der Waals surface area contributed by atoms with E-state index in [2.05, 4.69) is 15.7 Å². The Morgan fingerprint density at radius 3 is 2.17 bits per heavy atom. The number of rotatable bonds is 4. The Balaban J connectivity index is 1.56. The quantitative estimate of drug-likeness (QED) is 0.696. The number of anilines is 1. The molecule has 0 atom stereocenters. The predicted octanol–water partition coefficient (Wildman–Crippen LogP) is 5.28. The number of carbonyl (C=O) groups is 1. The molecule has 4 rings (SSSR count). The van der Waals surface area contributed by atoms with Crippen LogP contribution in [-0.4, -0.2) is 13.1 Å². The number of benzene rings is 2. The van der Waals surface area contributed by atoms with Crippen LogP contribution in [0, 0.1) is 0 Å². The van der Waals surface area contributed by atoms with Gasteiger partial charge in [0, 0.05) is 12.8 Å². The van der Waals surface area contributed by atoms with E-state index in [9.17, 15) is 9.00 Å². The lowest BCUT2D eigenvalue weighted by molar-refractivity contribution is 0.0192. The van der Waals surface area contributed by atoms with Gasteiger partial charge in [-0.15, -0.1) is 0 Å². The first-order valence-electron chi connectivity index (χ1n) is 10.2. The summed E-state index contributed by atoms with van der Waals surface area (Å²) in [5.74, 6) is 0. The molecule has 2 aromatic rings. The molecule has 0 aliphatic heterocycles. The van der Waals surface area contributed by atoms with Crippen LogP contribution in [0.3, 0.4) is 0 Å². The lowest BCUT2D eigenvalue weighted by atomic mass is 9.98. The van der Waals surface area contributed by atoms with E-state index in [4.69, 9.17) is 4.74 Å². The topological polar surface area (TPSA) is 67.8 Å². The molecule has 29 heavy (non-hydrogen) atoms. The highest BCUT2D eigenvalue weighted by atomic mass is 32.2. The minimum Gasteiger partial charge on any atom is -0.439 e. The number of fused-ring (bicyclic) bond motifs is 2. The first-order chi connectivity index (χ1) is 13.9. The van der Waals surface area contributed by atoms with Crippen LogP contribution in [0.15, 0.2) is 39.6 Å². The highest BCUT2D eigenvalue weighted by molar-refractivity contribution is 7.75. The van der Waals surface area contributed by atoms with E-state index in [1.165, 1.54) is 22.3 Å². The number of aryl methyl sites for hydroxylation is 2. The molecule has 0 saturated heterocycles. The molecule has 0 bridgehead atoms. The van der Waals surface area contributed by atoms with Gasteiger partial charge in [0.2, 0.25) is 0 Å². The van der Waals surface area contributed by atoms with Gasteiger partial charge in [-0.3, -0.25) is 0 Å². The number of urea groups is 1. The molecule has 2 aliphatic rings. The number of methoxy groups -OCH3 is 1. The van der Waals surface area contributed by atoms with Gasteiger partial charge >= 0.3 is 6.03 Å². The Hall–Kier alpha value is -2.18. The molecule has 154 valence electrons. The highest BCUT2D eigenvalue weighted by Crippen LogP contribution is 2.38. The number of amides is 2. The lowest BCUT2D eigenvalue weighted by Crippen LogP contribution is -2.19. The second kappa shape index (κ2) is 7.92. The average Bonchev–Trinajstić information content (AvgIpc) is 3.37. The molecule has 0 spiro atoms. The van der Waals surface area contributed by atoms with Crippen molar-refractivity contribution in [2.45, 2.75) is 62.9 Å². The molecule has 0 fully saturated rings. The summed E-state index contributed by atoms with van der Waals surface area (Å²) in [6, 6.07) is 8.97. The van der Waals surface area contributed by atoms with E-state index < -0.39 is 22.2 Å². The first kappa shape index (κ1) is 20.1. The van der Waals surface area contributed by atoms with Crippen molar-refractivity contribution in [3.8, 4) is 0 Å². The van der Waals surface area contributed by atoms with Gasteiger partial charge in [-0.05, 0) is 80.2 Å². The van der Waals surface area contributed by atoms with Gasteiger partial charge in [-0.1, -0.05) is 35.2 Å². The molecule has 0 heterocycles. The Morgan fingerprint density at radius 2 is 1.62 bits per heavy atom. The van der Waals surface area contributed by atoms with Gasteiger partial charge in [0.15, 0.2) is 0 Å². The normalized spacial score (nSPS) is 16.5. The smallest absolute Gasteiger partial charge is 0.322 e. The van der Waals surface area contributed by atoms with Crippen molar-refractivity contribution in [2.24, 2.45) is 4.36 Å². The van der Waals surface area contributed by atoms with Crippen molar-refractivity contribution in [2.75, 3.05) is 12.4 Å². The molecule has 0 unspecified atom stereocenters. The summed E-state index contributed by atoms with van der Waals surface area (Å²) in [6.45, 7) is 3.93. The average molecular weight is 412 g/mol. The highest BCUT2D eigenvalue weighted by Gasteiger charge is 2.24. The number of nitrogens with one attached hydrogen (secondary N) is 1. The minimum atomic E-state index is -1.75. The van der Waals surface area contributed by atoms with E-state index in [1.54, 1.807) is 19.2 Å². The van der Waals surface area contributed by atoms with E-state index in [1.807, 2.05) is 26.0 Å². The zero-order chi connectivity index (χ0) is 20.6. The van der Waals surface area contributed by atoms with Crippen molar-refractivity contribution in [3.05, 3.63) is 58.1 Å². The Labute approximate surface area is 174 Å². The maximum Gasteiger partial charge on any atom is 0.322 e. The van der Waals surface area contributed by atoms with Gasteiger partial charge in [-0.2, -0.15) is 10.6 Å². The second-order valence-electron chi connectivity index (χ2n) is 8.24. The zero-order valence-corrected chi connectivity index (χ0v) is 18.0. The lowest BCUT2D eigenvalue weighted by Gasteiger charge is -2.24. The number of nitrogens with zero attached hydrogens (tertiary/aromatic N) is 1. The molecule has 2 aliphatic carbocycles. The van der Waals surface area contributed by atoms with Crippen LogP contribution in [0.5, 0.6) is 0 Å². The van der Waals surface area contributed by atoms with Gasteiger partial charge in [-0.25, -0.2) is 4.79 Å². The fourth-order valence-electron chi connectivity index (χ4n) is 4.32. The van der Waals surface area contributed by atoms with Crippen LogP contribution in [0.1, 0.15) is 54.5 Å². The van der Waals surface area contributed by atoms with Crippen LogP contribution in [0.2, 0.25) is 0 Å².